The van der Waals surface area contributed by atoms with Crippen molar-refractivity contribution in [3.63, 3.8) is 0 Å². The quantitative estimate of drug-likeness (QED) is 0.733. The lowest BCUT2D eigenvalue weighted by molar-refractivity contribution is -0.140. The number of nitrogens with zero attached hydrogens (tertiary/aromatic N) is 2. The van der Waals surface area contributed by atoms with Crippen LogP contribution < -0.4 is 0 Å². The summed E-state index contributed by atoms with van der Waals surface area (Å²) in [6.45, 7) is 0. The van der Waals surface area contributed by atoms with E-state index in [1.165, 1.54) is 25.2 Å². The number of phenols is 1. The number of halogens is 3. The summed E-state index contributed by atoms with van der Waals surface area (Å²) in [6.07, 6.45) is -4.51. The van der Waals surface area contributed by atoms with Crippen LogP contribution in [0.25, 0.3) is 10.9 Å². The van der Waals surface area contributed by atoms with E-state index in [9.17, 15) is 18.3 Å². The summed E-state index contributed by atoms with van der Waals surface area (Å²) in [5.41, 5.74) is -0.888. The zero-order chi connectivity index (χ0) is 11.2. The average molecular weight is 216 g/mol. The molecule has 1 N–H and O–H groups in total. The van der Waals surface area contributed by atoms with Crippen molar-refractivity contribution in [3.05, 3.63) is 23.9 Å². The Bertz CT molecular complexity index is 516. The Morgan fingerprint density at radius 1 is 1.33 bits per heavy atom. The Labute approximate surface area is 82.7 Å². The molecule has 2 rings (SSSR count). The van der Waals surface area contributed by atoms with Gasteiger partial charge < -0.3 is 5.11 Å². The molecule has 1 aromatic carbocycles. The van der Waals surface area contributed by atoms with Gasteiger partial charge in [0.25, 0.3) is 0 Å². The molecule has 0 aliphatic heterocycles. The number of aromatic hydroxyl groups is 1. The van der Waals surface area contributed by atoms with Crippen molar-refractivity contribution in [3.8, 4) is 5.75 Å². The highest BCUT2D eigenvalue weighted by Gasteiger charge is 2.36. The average Bonchev–Trinajstić information content (AvgIpc) is 2.44. The smallest absolute Gasteiger partial charge is 0.435 e. The molecule has 1 heterocycles. The lowest BCUT2D eigenvalue weighted by atomic mass is 10.2. The van der Waals surface area contributed by atoms with Crippen LogP contribution in [0.5, 0.6) is 5.75 Å². The van der Waals surface area contributed by atoms with E-state index in [0.717, 1.165) is 4.68 Å². The number of rotatable bonds is 0. The topological polar surface area (TPSA) is 38.0 Å². The van der Waals surface area contributed by atoms with Gasteiger partial charge in [0.15, 0.2) is 5.69 Å². The second-order valence-corrected chi connectivity index (χ2v) is 3.14. The molecule has 80 valence electrons. The van der Waals surface area contributed by atoms with E-state index in [1.54, 1.807) is 0 Å². The van der Waals surface area contributed by atoms with E-state index in [1.807, 2.05) is 0 Å². The number of hydrogen-bond donors (Lipinski definition) is 1. The molecule has 0 fully saturated rings. The van der Waals surface area contributed by atoms with Crippen LogP contribution in [0.3, 0.4) is 0 Å². The standard InChI is InChI=1S/C9H7F3N2O/c1-14-7-5(3-2-4-6(7)15)8(13-14)9(10,11)12/h2-4,15H,1H3. The molecule has 3 nitrogen and oxygen atoms in total. The van der Waals surface area contributed by atoms with Crippen LogP contribution in [0.1, 0.15) is 5.69 Å². The van der Waals surface area contributed by atoms with Crippen LogP contribution >= 0.6 is 0 Å². The van der Waals surface area contributed by atoms with Crippen LogP contribution in [0, 0.1) is 0 Å². The molecule has 0 aliphatic rings. The van der Waals surface area contributed by atoms with Gasteiger partial charge in [-0.25, -0.2) is 0 Å². The number of benzene rings is 1. The highest BCUT2D eigenvalue weighted by atomic mass is 19.4. The van der Waals surface area contributed by atoms with Crippen molar-refractivity contribution in [1.29, 1.82) is 0 Å². The second-order valence-electron chi connectivity index (χ2n) is 3.14. The first-order chi connectivity index (χ1) is 6.91. The van der Waals surface area contributed by atoms with Gasteiger partial charge in [0, 0.05) is 12.4 Å². The summed E-state index contributed by atoms with van der Waals surface area (Å²) >= 11 is 0. The zero-order valence-electron chi connectivity index (χ0n) is 7.71. The van der Waals surface area contributed by atoms with Crippen molar-refractivity contribution in [1.82, 2.24) is 9.78 Å². The molecule has 0 bridgehead atoms. The molecule has 6 heteroatoms. The van der Waals surface area contributed by atoms with Gasteiger partial charge in [0.2, 0.25) is 0 Å². The maximum absolute atomic E-state index is 12.5. The maximum atomic E-state index is 12.5. The molecule has 15 heavy (non-hydrogen) atoms. The SMILES string of the molecule is Cn1nc(C(F)(F)F)c2cccc(O)c21. The summed E-state index contributed by atoms with van der Waals surface area (Å²) < 4.78 is 38.5. The fourth-order valence-corrected chi connectivity index (χ4v) is 1.53. The molecule has 0 saturated carbocycles. The molecule has 0 saturated heterocycles. The first-order valence-corrected chi connectivity index (χ1v) is 4.13. The van der Waals surface area contributed by atoms with E-state index < -0.39 is 11.9 Å². The normalized spacial score (nSPS) is 12.3. The van der Waals surface area contributed by atoms with Crippen LogP contribution in [-0.4, -0.2) is 14.9 Å². The molecule has 0 aliphatic carbocycles. The van der Waals surface area contributed by atoms with E-state index in [2.05, 4.69) is 5.10 Å². The summed E-state index contributed by atoms with van der Waals surface area (Å²) in [5.74, 6) is -0.210. The summed E-state index contributed by atoms with van der Waals surface area (Å²) in [7, 11) is 1.36. The molecule has 0 unspecified atom stereocenters. The molecular weight excluding hydrogens is 209 g/mol. The Hall–Kier alpha value is -1.72. The zero-order valence-corrected chi connectivity index (χ0v) is 7.71. The number of para-hydroxylation sites is 1. The first-order valence-electron chi connectivity index (χ1n) is 4.13. The molecule has 0 spiro atoms. The van der Waals surface area contributed by atoms with Crippen LogP contribution in [-0.2, 0) is 13.2 Å². The predicted octanol–water partition coefficient (Wildman–Crippen LogP) is 2.30. The van der Waals surface area contributed by atoms with Crippen molar-refractivity contribution >= 4 is 10.9 Å². The first kappa shape index (κ1) is 9.82. The minimum absolute atomic E-state index is 0.0878. The fraction of sp³-hybridized carbons (Fsp3) is 0.222. The maximum Gasteiger partial charge on any atom is 0.435 e. The molecule has 1 aromatic heterocycles. The Morgan fingerprint density at radius 3 is 2.60 bits per heavy atom. The number of aromatic nitrogens is 2. The van der Waals surface area contributed by atoms with Crippen molar-refractivity contribution < 1.29 is 18.3 Å². The van der Waals surface area contributed by atoms with Gasteiger partial charge in [-0.15, -0.1) is 0 Å². The molecule has 0 radical (unpaired) electrons. The number of aryl methyl sites for hydroxylation is 1. The van der Waals surface area contributed by atoms with E-state index in [0.29, 0.717) is 0 Å². The van der Waals surface area contributed by atoms with Crippen LogP contribution in [0.2, 0.25) is 0 Å². The van der Waals surface area contributed by atoms with Gasteiger partial charge in [-0.05, 0) is 6.07 Å². The number of fused-ring (bicyclic) bond motifs is 1. The lowest BCUT2D eigenvalue weighted by Gasteiger charge is -2.01. The number of hydrogen-bond acceptors (Lipinski definition) is 2. The third kappa shape index (κ3) is 1.42. The van der Waals surface area contributed by atoms with Crippen LogP contribution in [0.4, 0.5) is 13.2 Å². The van der Waals surface area contributed by atoms with Gasteiger partial charge in [-0.3, -0.25) is 4.68 Å². The fourth-order valence-electron chi connectivity index (χ4n) is 1.53. The minimum atomic E-state index is -4.51. The van der Waals surface area contributed by atoms with Gasteiger partial charge in [-0.1, -0.05) is 12.1 Å². The van der Waals surface area contributed by atoms with E-state index in [-0.39, 0.29) is 16.7 Å². The lowest BCUT2D eigenvalue weighted by Crippen LogP contribution is -2.06. The van der Waals surface area contributed by atoms with Crippen molar-refractivity contribution in [2.45, 2.75) is 6.18 Å². The van der Waals surface area contributed by atoms with E-state index >= 15 is 0 Å². The molecule has 2 aromatic rings. The van der Waals surface area contributed by atoms with Crippen molar-refractivity contribution in [2.24, 2.45) is 7.05 Å². The third-order valence-electron chi connectivity index (χ3n) is 2.11. The monoisotopic (exact) mass is 216 g/mol. The highest BCUT2D eigenvalue weighted by molar-refractivity contribution is 5.87. The van der Waals surface area contributed by atoms with Crippen LogP contribution in [0.15, 0.2) is 18.2 Å². The summed E-state index contributed by atoms with van der Waals surface area (Å²) in [5, 5.41) is 12.7. The molecular formula is C9H7F3N2O. The predicted molar refractivity (Wildman–Crippen MR) is 47.4 cm³/mol. The second kappa shape index (κ2) is 2.88. The summed E-state index contributed by atoms with van der Waals surface area (Å²) in [6, 6.07) is 3.96. The molecule has 0 amide bonds. The minimum Gasteiger partial charge on any atom is -0.506 e. The van der Waals surface area contributed by atoms with Gasteiger partial charge in [0.05, 0.1) is 0 Å². The van der Waals surface area contributed by atoms with Crippen molar-refractivity contribution in [2.75, 3.05) is 0 Å². The Balaban J connectivity index is 2.85. The molecule has 0 atom stereocenters. The Morgan fingerprint density at radius 2 is 2.00 bits per heavy atom. The number of alkyl halides is 3. The van der Waals surface area contributed by atoms with Gasteiger partial charge >= 0.3 is 6.18 Å². The summed E-state index contributed by atoms with van der Waals surface area (Å²) in [4.78, 5) is 0. The van der Waals surface area contributed by atoms with Gasteiger partial charge in [-0.2, -0.15) is 18.3 Å². The van der Waals surface area contributed by atoms with Gasteiger partial charge in [0.1, 0.15) is 11.3 Å². The third-order valence-corrected chi connectivity index (χ3v) is 2.11. The number of phenolic OH excluding ortho intramolecular Hbond substituents is 1. The highest BCUT2D eigenvalue weighted by Crippen LogP contribution is 2.36. The Kier molecular flexibility index (Phi) is 1.89. The largest absolute Gasteiger partial charge is 0.506 e. The van der Waals surface area contributed by atoms with E-state index in [4.69, 9.17) is 0 Å².